The molecule has 1 aromatic carbocycles. The molecule has 23 heavy (non-hydrogen) atoms. The number of hydrogen-bond donors (Lipinski definition) is 1. The number of nitrogens with zero attached hydrogens (tertiary/aromatic N) is 1. The van der Waals surface area contributed by atoms with Crippen LogP contribution >= 0.6 is 35.4 Å². The number of nitrogens with one attached hydrogen (secondary N) is 1. The Balaban J connectivity index is 2.61. The number of pyridine rings is 1. The Hall–Kier alpha value is -1.88. The Morgan fingerprint density at radius 3 is 2.61 bits per heavy atom. The van der Waals surface area contributed by atoms with E-state index in [1.165, 1.54) is 6.07 Å². The van der Waals surface area contributed by atoms with Crippen molar-refractivity contribution < 1.29 is 9.67 Å². The number of halogens is 2. The van der Waals surface area contributed by atoms with Gasteiger partial charge in [0.1, 0.15) is 0 Å². The second-order valence-electron chi connectivity index (χ2n) is 4.58. The van der Waals surface area contributed by atoms with Gasteiger partial charge in [-0.2, -0.15) is 4.57 Å². The quantitative estimate of drug-likeness (QED) is 0.291. The second-order valence-corrected chi connectivity index (χ2v) is 5.84. The van der Waals surface area contributed by atoms with Crippen LogP contribution in [-0.2, 0) is 0 Å². The smallest absolute Gasteiger partial charge is 0.238 e. The largest absolute Gasteiger partial charge is 0.867 e. The molecule has 0 spiro atoms. The summed E-state index contributed by atoms with van der Waals surface area (Å²) in [6.45, 7) is 4.08. The molecule has 1 N–H and O–H groups in total. The SMILES string of the molecule is C=CCNC(=S)/C(=C(/[O-])c1cc(Cl)ccc1Cl)[n+]1ccccc1. The number of thiocarbonyl (C=S) groups is 1. The molecule has 6 heteroatoms. The Kier molecular flexibility index (Phi) is 6.16. The fraction of sp³-hybridized carbons (Fsp3) is 0.0588. The highest BCUT2D eigenvalue weighted by molar-refractivity contribution is 7.81. The molecule has 2 aromatic rings. The Bertz CT molecular complexity index is 760. The lowest BCUT2D eigenvalue weighted by atomic mass is 10.1. The molecule has 0 unspecified atom stereocenters. The third-order valence-corrected chi connectivity index (χ3v) is 3.89. The molecule has 0 bridgehead atoms. The van der Waals surface area contributed by atoms with Crippen LogP contribution in [0.3, 0.4) is 0 Å². The molecular weight excluding hydrogens is 351 g/mol. The molecule has 0 amide bonds. The molecule has 118 valence electrons. The van der Waals surface area contributed by atoms with Gasteiger partial charge in [-0.05, 0) is 29.5 Å². The van der Waals surface area contributed by atoms with Gasteiger partial charge in [-0.15, -0.1) is 6.58 Å². The molecule has 0 saturated heterocycles. The lowest BCUT2D eigenvalue weighted by molar-refractivity contribution is -0.577. The van der Waals surface area contributed by atoms with E-state index >= 15 is 0 Å². The van der Waals surface area contributed by atoms with E-state index in [4.69, 9.17) is 35.4 Å². The van der Waals surface area contributed by atoms with Crippen molar-refractivity contribution >= 4 is 51.9 Å². The van der Waals surface area contributed by atoms with Crippen LogP contribution in [0.15, 0.2) is 61.4 Å². The van der Waals surface area contributed by atoms with Crippen molar-refractivity contribution in [3.8, 4) is 0 Å². The molecular formula is C17H14Cl2N2OS. The summed E-state index contributed by atoms with van der Waals surface area (Å²) in [4.78, 5) is 0.308. The van der Waals surface area contributed by atoms with Gasteiger partial charge in [0.25, 0.3) is 0 Å². The Labute approximate surface area is 150 Å². The van der Waals surface area contributed by atoms with E-state index in [1.807, 2.05) is 18.2 Å². The van der Waals surface area contributed by atoms with Gasteiger partial charge in [0, 0.05) is 28.7 Å². The van der Waals surface area contributed by atoms with Gasteiger partial charge in [-0.25, -0.2) is 0 Å². The maximum absolute atomic E-state index is 13.0. The summed E-state index contributed by atoms with van der Waals surface area (Å²) in [6, 6.07) is 10.2. The van der Waals surface area contributed by atoms with Crippen molar-refractivity contribution in [2.24, 2.45) is 0 Å². The zero-order chi connectivity index (χ0) is 16.8. The molecule has 0 radical (unpaired) electrons. The zero-order valence-electron chi connectivity index (χ0n) is 12.1. The summed E-state index contributed by atoms with van der Waals surface area (Å²) in [5, 5.41) is 16.7. The lowest BCUT2D eigenvalue weighted by Gasteiger charge is -2.17. The van der Waals surface area contributed by atoms with E-state index < -0.39 is 0 Å². The van der Waals surface area contributed by atoms with Gasteiger partial charge < -0.3 is 10.4 Å². The van der Waals surface area contributed by atoms with Crippen molar-refractivity contribution in [2.75, 3.05) is 6.54 Å². The lowest BCUT2D eigenvalue weighted by Crippen LogP contribution is -2.42. The van der Waals surface area contributed by atoms with E-state index in [0.29, 0.717) is 32.8 Å². The fourth-order valence-corrected chi connectivity index (χ4v) is 2.59. The minimum absolute atomic E-state index is 0.298. The van der Waals surface area contributed by atoms with Crippen LogP contribution < -0.4 is 15.0 Å². The summed E-state index contributed by atoms with van der Waals surface area (Å²) in [7, 11) is 0. The topological polar surface area (TPSA) is 39.0 Å². The molecule has 0 atom stereocenters. The summed E-state index contributed by atoms with van der Waals surface area (Å²) < 4.78 is 1.65. The van der Waals surface area contributed by atoms with Gasteiger partial charge in [-0.1, -0.05) is 47.6 Å². The van der Waals surface area contributed by atoms with Crippen LogP contribution in [0.5, 0.6) is 0 Å². The summed E-state index contributed by atoms with van der Waals surface area (Å²) in [5.74, 6) is -0.310. The molecule has 1 heterocycles. The first-order chi connectivity index (χ1) is 11.0. The molecule has 0 fully saturated rings. The summed E-state index contributed by atoms with van der Waals surface area (Å²) >= 11 is 17.5. The van der Waals surface area contributed by atoms with Crippen molar-refractivity contribution in [2.45, 2.75) is 0 Å². The number of aromatic nitrogens is 1. The Morgan fingerprint density at radius 1 is 1.26 bits per heavy atom. The van der Waals surface area contributed by atoms with E-state index in [1.54, 1.807) is 35.2 Å². The molecule has 2 rings (SSSR count). The number of benzene rings is 1. The average Bonchev–Trinajstić information content (AvgIpc) is 2.56. The first kappa shape index (κ1) is 17.5. The minimum Gasteiger partial charge on any atom is -0.867 e. The number of hydrogen-bond acceptors (Lipinski definition) is 2. The zero-order valence-corrected chi connectivity index (χ0v) is 14.5. The highest BCUT2D eigenvalue weighted by Crippen LogP contribution is 2.26. The van der Waals surface area contributed by atoms with Crippen LogP contribution in [0.4, 0.5) is 0 Å². The Morgan fingerprint density at radius 2 is 1.96 bits per heavy atom. The average molecular weight is 365 g/mol. The van der Waals surface area contributed by atoms with Crippen molar-refractivity contribution in [1.82, 2.24) is 5.32 Å². The molecule has 1 aromatic heterocycles. The molecule has 0 saturated carbocycles. The van der Waals surface area contributed by atoms with Gasteiger partial charge in [0.15, 0.2) is 17.4 Å². The second kappa shape index (κ2) is 8.11. The van der Waals surface area contributed by atoms with Gasteiger partial charge in [0.2, 0.25) is 5.70 Å². The highest BCUT2D eigenvalue weighted by Gasteiger charge is 2.19. The van der Waals surface area contributed by atoms with E-state index in [0.717, 1.165) is 0 Å². The first-order valence-electron chi connectivity index (χ1n) is 6.77. The first-order valence-corrected chi connectivity index (χ1v) is 7.93. The van der Waals surface area contributed by atoms with Gasteiger partial charge in [-0.3, -0.25) is 0 Å². The van der Waals surface area contributed by atoms with E-state index in [9.17, 15) is 5.11 Å². The van der Waals surface area contributed by atoms with Crippen LogP contribution in [0.2, 0.25) is 10.0 Å². The molecule has 0 aliphatic carbocycles. The normalized spacial score (nSPS) is 11.6. The van der Waals surface area contributed by atoms with Crippen molar-refractivity contribution in [3.63, 3.8) is 0 Å². The maximum atomic E-state index is 13.0. The highest BCUT2D eigenvalue weighted by atomic mass is 35.5. The molecule has 0 aliphatic heterocycles. The van der Waals surface area contributed by atoms with Gasteiger partial charge >= 0.3 is 0 Å². The van der Waals surface area contributed by atoms with Crippen molar-refractivity contribution in [1.29, 1.82) is 0 Å². The fourth-order valence-electron chi connectivity index (χ4n) is 1.93. The van der Waals surface area contributed by atoms with Gasteiger partial charge in [0.05, 0.1) is 0 Å². The predicted octanol–water partition coefficient (Wildman–Crippen LogP) is 3.07. The van der Waals surface area contributed by atoms with E-state index in [2.05, 4.69) is 11.9 Å². The monoisotopic (exact) mass is 364 g/mol. The van der Waals surface area contributed by atoms with Crippen LogP contribution in [0.25, 0.3) is 11.5 Å². The van der Waals surface area contributed by atoms with Crippen molar-refractivity contribution in [3.05, 3.63) is 77.1 Å². The minimum atomic E-state index is -0.310. The third kappa shape index (κ3) is 4.32. The van der Waals surface area contributed by atoms with Crippen LogP contribution in [0, 0.1) is 0 Å². The molecule has 0 aliphatic rings. The number of rotatable bonds is 5. The summed E-state index contributed by atoms with van der Waals surface area (Å²) in [6.07, 6.45) is 5.15. The standard InChI is InChI=1S/C17H14Cl2N2OS/c1-2-8-20-17(23)15(21-9-4-3-5-10-21)16(22)13-11-12(18)6-7-14(13)19/h2-7,9-11H,1,8H2,(H-,20,22,23). The molecule has 3 nitrogen and oxygen atoms in total. The van der Waals surface area contributed by atoms with E-state index in [-0.39, 0.29) is 5.76 Å². The van der Waals surface area contributed by atoms with Crippen LogP contribution in [-0.4, -0.2) is 11.5 Å². The maximum Gasteiger partial charge on any atom is 0.238 e. The van der Waals surface area contributed by atoms with Crippen LogP contribution in [0.1, 0.15) is 5.56 Å². The third-order valence-electron chi connectivity index (χ3n) is 2.98. The summed E-state index contributed by atoms with van der Waals surface area (Å²) in [5.41, 5.74) is 0.597. The predicted molar refractivity (Wildman–Crippen MR) is 97.0 cm³/mol.